The Bertz CT molecular complexity index is 906. The Morgan fingerprint density at radius 2 is 1.33 bits per heavy atom. The average Bonchev–Trinajstić information content (AvgIpc) is 2.60. The fraction of sp³-hybridized carbons (Fsp3) is 0. The number of carbonyl (C=O) groups is 1. The summed E-state index contributed by atoms with van der Waals surface area (Å²) < 4.78 is 0. The minimum Gasteiger partial charge on any atom is -0.508 e. The standard InChI is InChI=1S/C13H9N.C7H6O3/c1-3-7-12-10(5-1)9-11-6-2-4-8-13(11)14-12;8-6-3-1-2-5(4-6)7(9)10/h1-9H;1-4,8H,(H,9,10). The molecule has 2 N–H and O–H groups in total. The molecule has 4 rings (SSSR count). The topological polar surface area (TPSA) is 70.4 Å². The molecule has 0 spiro atoms. The van der Waals surface area contributed by atoms with Crippen molar-refractivity contribution in [2.24, 2.45) is 0 Å². The van der Waals surface area contributed by atoms with Crippen LogP contribution in [-0.4, -0.2) is 21.2 Å². The highest BCUT2D eigenvalue weighted by Gasteiger charge is 2.00. The molecule has 118 valence electrons. The van der Waals surface area contributed by atoms with Gasteiger partial charge in [-0.15, -0.1) is 0 Å². The number of para-hydroxylation sites is 2. The van der Waals surface area contributed by atoms with Crippen LogP contribution in [-0.2, 0) is 0 Å². The largest absolute Gasteiger partial charge is 0.508 e. The second kappa shape index (κ2) is 6.79. The predicted molar refractivity (Wildman–Crippen MR) is 94.3 cm³/mol. The van der Waals surface area contributed by atoms with Gasteiger partial charge in [0.05, 0.1) is 16.6 Å². The maximum absolute atomic E-state index is 10.2. The van der Waals surface area contributed by atoms with Crippen LogP contribution < -0.4 is 0 Å². The van der Waals surface area contributed by atoms with E-state index in [1.54, 1.807) is 0 Å². The first-order chi connectivity index (χ1) is 11.6. The summed E-state index contributed by atoms with van der Waals surface area (Å²) in [7, 11) is 0. The number of nitrogens with zero attached hydrogens (tertiary/aromatic N) is 1. The lowest BCUT2D eigenvalue weighted by atomic mass is 10.1. The van der Waals surface area contributed by atoms with Crippen molar-refractivity contribution in [2.45, 2.75) is 0 Å². The van der Waals surface area contributed by atoms with Gasteiger partial charge in [0.2, 0.25) is 0 Å². The molecule has 3 aromatic carbocycles. The van der Waals surface area contributed by atoms with Crippen LogP contribution >= 0.6 is 0 Å². The molecule has 24 heavy (non-hydrogen) atoms. The second-order valence-electron chi connectivity index (χ2n) is 5.23. The van der Waals surface area contributed by atoms with E-state index in [0.717, 1.165) is 11.0 Å². The van der Waals surface area contributed by atoms with E-state index in [2.05, 4.69) is 23.2 Å². The van der Waals surface area contributed by atoms with E-state index >= 15 is 0 Å². The van der Waals surface area contributed by atoms with Crippen molar-refractivity contribution in [2.75, 3.05) is 0 Å². The number of aromatic hydroxyl groups is 1. The van der Waals surface area contributed by atoms with E-state index in [4.69, 9.17) is 10.2 Å². The lowest BCUT2D eigenvalue weighted by Gasteiger charge is -1.99. The molecule has 0 saturated heterocycles. The van der Waals surface area contributed by atoms with Crippen LogP contribution in [0.5, 0.6) is 5.75 Å². The molecule has 4 nitrogen and oxygen atoms in total. The number of aromatic nitrogens is 1. The van der Waals surface area contributed by atoms with Crippen molar-refractivity contribution in [1.82, 2.24) is 4.98 Å². The highest BCUT2D eigenvalue weighted by Crippen LogP contribution is 2.18. The number of phenols is 1. The van der Waals surface area contributed by atoms with Crippen LogP contribution in [0, 0.1) is 0 Å². The Hall–Kier alpha value is -3.40. The Morgan fingerprint density at radius 3 is 1.83 bits per heavy atom. The zero-order chi connectivity index (χ0) is 16.9. The summed E-state index contributed by atoms with van der Waals surface area (Å²) in [5.74, 6) is -1.06. The van der Waals surface area contributed by atoms with Gasteiger partial charge in [-0.1, -0.05) is 42.5 Å². The van der Waals surface area contributed by atoms with Gasteiger partial charge in [-0.25, -0.2) is 9.78 Å². The zero-order valence-electron chi connectivity index (χ0n) is 12.8. The van der Waals surface area contributed by atoms with Crippen molar-refractivity contribution in [3.05, 3.63) is 84.4 Å². The smallest absolute Gasteiger partial charge is 0.335 e. The quantitative estimate of drug-likeness (QED) is 0.508. The Kier molecular flexibility index (Phi) is 4.38. The molecule has 4 aromatic rings. The summed E-state index contributed by atoms with van der Waals surface area (Å²) in [6.07, 6.45) is 0. The summed E-state index contributed by atoms with van der Waals surface area (Å²) >= 11 is 0. The Balaban J connectivity index is 0.000000150. The number of phenolic OH excluding ortho intramolecular Hbond substituents is 1. The van der Waals surface area contributed by atoms with Gasteiger partial charge in [0.15, 0.2) is 0 Å². The van der Waals surface area contributed by atoms with Gasteiger partial charge in [0.1, 0.15) is 5.75 Å². The SMILES string of the molecule is O=C(O)c1cccc(O)c1.c1ccc2nc3ccccc3cc2c1. The van der Waals surface area contributed by atoms with Gasteiger partial charge >= 0.3 is 5.97 Å². The number of rotatable bonds is 1. The molecule has 0 saturated carbocycles. The summed E-state index contributed by atoms with van der Waals surface area (Å²) in [5.41, 5.74) is 2.22. The van der Waals surface area contributed by atoms with E-state index in [0.29, 0.717) is 0 Å². The summed E-state index contributed by atoms with van der Waals surface area (Å²) in [6, 6.07) is 24.1. The number of carboxylic acids is 1. The van der Waals surface area contributed by atoms with Crippen LogP contribution in [0.15, 0.2) is 78.9 Å². The third-order valence-electron chi connectivity index (χ3n) is 3.52. The molecule has 0 radical (unpaired) electrons. The highest BCUT2D eigenvalue weighted by molar-refractivity contribution is 5.92. The van der Waals surface area contributed by atoms with Gasteiger partial charge < -0.3 is 10.2 Å². The third kappa shape index (κ3) is 3.50. The predicted octanol–water partition coefficient (Wildman–Crippen LogP) is 4.48. The van der Waals surface area contributed by atoms with Crippen LogP contribution in [0.2, 0.25) is 0 Å². The maximum atomic E-state index is 10.2. The number of hydrogen-bond donors (Lipinski definition) is 2. The molecule has 0 fully saturated rings. The monoisotopic (exact) mass is 317 g/mol. The molecule has 0 atom stereocenters. The lowest BCUT2D eigenvalue weighted by molar-refractivity contribution is 0.0696. The van der Waals surface area contributed by atoms with Gasteiger partial charge in [0.25, 0.3) is 0 Å². The number of hydrogen-bond acceptors (Lipinski definition) is 3. The number of aromatic carboxylic acids is 1. The van der Waals surface area contributed by atoms with Crippen LogP contribution in [0.4, 0.5) is 0 Å². The minimum absolute atomic E-state index is 0.0279. The molecule has 0 aliphatic carbocycles. The Labute approximate surface area is 138 Å². The van der Waals surface area contributed by atoms with Crippen molar-refractivity contribution in [1.29, 1.82) is 0 Å². The molecule has 0 aliphatic heterocycles. The molecule has 4 heteroatoms. The first-order valence-corrected chi connectivity index (χ1v) is 7.40. The molecular formula is C20H15NO3. The Morgan fingerprint density at radius 1 is 0.750 bits per heavy atom. The van der Waals surface area contributed by atoms with Crippen LogP contribution in [0.25, 0.3) is 21.8 Å². The molecule has 1 heterocycles. The molecule has 0 amide bonds. The van der Waals surface area contributed by atoms with Crippen molar-refractivity contribution in [3.8, 4) is 5.75 Å². The maximum Gasteiger partial charge on any atom is 0.335 e. The van der Waals surface area contributed by atoms with E-state index in [1.165, 1.54) is 35.0 Å². The van der Waals surface area contributed by atoms with E-state index < -0.39 is 5.97 Å². The average molecular weight is 317 g/mol. The molecule has 0 bridgehead atoms. The first kappa shape index (κ1) is 15.5. The molecular weight excluding hydrogens is 302 g/mol. The number of pyridine rings is 1. The fourth-order valence-corrected chi connectivity index (χ4v) is 2.36. The van der Waals surface area contributed by atoms with Gasteiger partial charge in [0, 0.05) is 10.8 Å². The number of carboxylic acid groups (broad SMARTS) is 1. The second-order valence-corrected chi connectivity index (χ2v) is 5.23. The van der Waals surface area contributed by atoms with Crippen LogP contribution in [0.1, 0.15) is 10.4 Å². The first-order valence-electron chi connectivity index (χ1n) is 7.40. The fourth-order valence-electron chi connectivity index (χ4n) is 2.36. The normalized spacial score (nSPS) is 10.2. The molecule has 0 aliphatic rings. The van der Waals surface area contributed by atoms with E-state index in [-0.39, 0.29) is 11.3 Å². The van der Waals surface area contributed by atoms with Gasteiger partial charge in [-0.2, -0.15) is 0 Å². The summed E-state index contributed by atoms with van der Waals surface area (Å²) in [4.78, 5) is 14.8. The summed E-state index contributed by atoms with van der Waals surface area (Å²) in [6.45, 7) is 0. The molecule has 1 aromatic heterocycles. The van der Waals surface area contributed by atoms with Gasteiger partial charge in [-0.05, 0) is 36.4 Å². The van der Waals surface area contributed by atoms with Crippen molar-refractivity contribution >= 4 is 27.8 Å². The van der Waals surface area contributed by atoms with Crippen molar-refractivity contribution in [3.63, 3.8) is 0 Å². The lowest BCUT2D eigenvalue weighted by Crippen LogP contribution is -1.94. The third-order valence-corrected chi connectivity index (χ3v) is 3.52. The highest BCUT2D eigenvalue weighted by atomic mass is 16.4. The van der Waals surface area contributed by atoms with Crippen molar-refractivity contribution < 1.29 is 15.0 Å². The number of benzene rings is 3. The van der Waals surface area contributed by atoms with Gasteiger partial charge in [-0.3, -0.25) is 0 Å². The number of fused-ring (bicyclic) bond motifs is 2. The zero-order valence-corrected chi connectivity index (χ0v) is 12.8. The molecule has 0 unspecified atom stereocenters. The van der Waals surface area contributed by atoms with Crippen LogP contribution in [0.3, 0.4) is 0 Å². The summed E-state index contributed by atoms with van der Waals surface area (Å²) in [5, 5.41) is 19.6. The minimum atomic E-state index is -1.03. The van der Waals surface area contributed by atoms with E-state index in [9.17, 15) is 4.79 Å². The van der Waals surface area contributed by atoms with E-state index in [1.807, 2.05) is 36.4 Å².